The molecule has 1 N–H and O–H groups in total. The first-order valence-corrected chi connectivity index (χ1v) is 8.53. The molecule has 1 aromatic heterocycles. The summed E-state index contributed by atoms with van der Waals surface area (Å²) in [4.78, 5) is 16.2. The van der Waals surface area contributed by atoms with Crippen molar-refractivity contribution in [2.24, 2.45) is 5.92 Å². The first kappa shape index (κ1) is 17.5. The van der Waals surface area contributed by atoms with Crippen molar-refractivity contribution in [1.82, 2.24) is 15.5 Å². The predicted molar refractivity (Wildman–Crippen MR) is 87.3 cm³/mol. The Balaban J connectivity index is 1.86. The summed E-state index contributed by atoms with van der Waals surface area (Å²) in [6, 6.07) is 6.07. The highest BCUT2D eigenvalue weighted by atomic mass is 32.2. The summed E-state index contributed by atoms with van der Waals surface area (Å²) in [6.07, 6.45) is 0. The van der Waals surface area contributed by atoms with Gasteiger partial charge in [0.15, 0.2) is 5.82 Å². The molecule has 1 atom stereocenters. The van der Waals surface area contributed by atoms with Crippen LogP contribution < -0.4 is 5.32 Å². The normalized spacial score (nSPS) is 12.4. The van der Waals surface area contributed by atoms with E-state index >= 15 is 0 Å². The van der Waals surface area contributed by atoms with Gasteiger partial charge in [-0.2, -0.15) is 4.98 Å². The number of hydrogen-bond donors (Lipinski definition) is 1. The van der Waals surface area contributed by atoms with Crippen LogP contribution in [0.5, 0.6) is 0 Å². The highest BCUT2D eigenvalue weighted by Gasteiger charge is 2.18. The van der Waals surface area contributed by atoms with Gasteiger partial charge in [0.25, 0.3) is 0 Å². The minimum absolute atomic E-state index is 0.0748. The van der Waals surface area contributed by atoms with Crippen molar-refractivity contribution in [3.05, 3.63) is 47.4 Å². The topological polar surface area (TPSA) is 68.0 Å². The number of carbonyl (C=O) groups is 1. The lowest BCUT2D eigenvalue weighted by atomic mass is 9.96. The molecule has 0 saturated carbocycles. The van der Waals surface area contributed by atoms with E-state index < -0.39 is 0 Å². The maximum atomic E-state index is 13.0. The molecular weight excluding hydrogens is 317 g/mol. The largest absolute Gasteiger partial charge is 0.348 e. The van der Waals surface area contributed by atoms with Gasteiger partial charge in [0.2, 0.25) is 11.8 Å². The maximum absolute atomic E-state index is 13.0. The molecule has 0 spiro atoms. The molecule has 1 aromatic carbocycles. The van der Waals surface area contributed by atoms with Gasteiger partial charge in [0.05, 0.1) is 17.5 Å². The van der Waals surface area contributed by atoms with E-state index in [0.717, 1.165) is 5.56 Å². The quantitative estimate of drug-likeness (QED) is 0.840. The van der Waals surface area contributed by atoms with E-state index in [9.17, 15) is 9.18 Å². The lowest BCUT2D eigenvalue weighted by Gasteiger charge is -2.23. The second kappa shape index (κ2) is 8.10. The summed E-state index contributed by atoms with van der Waals surface area (Å²) in [7, 11) is 0. The molecule has 0 aliphatic carbocycles. The van der Waals surface area contributed by atoms with Gasteiger partial charge in [0, 0.05) is 0 Å². The first-order valence-electron chi connectivity index (χ1n) is 7.37. The van der Waals surface area contributed by atoms with E-state index in [1.165, 1.54) is 23.9 Å². The van der Waals surface area contributed by atoms with Gasteiger partial charge in [-0.05, 0) is 30.5 Å². The summed E-state index contributed by atoms with van der Waals surface area (Å²) in [5.41, 5.74) is 0.896. The van der Waals surface area contributed by atoms with E-state index in [1.807, 2.05) is 13.8 Å². The molecule has 7 heteroatoms. The van der Waals surface area contributed by atoms with Gasteiger partial charge in [-0.15, -0.1) is 11.8 Å². The van der Waals surface area contributed by atoms with Crippen LogP contribution in [-0.4, -0.2) is 21.8 Å². The lowest BCUT2D eigenvalue weighted by molar-refractivity contribution is -0.119. The molecule has 1 amide bonds. The minimum atomic E-state index is -0.284. The molecule has 0 aliphatic heterocycles. The number of nitrogens with one attached hydrogen (secondary N) is 1. The number of aryl methyl sites for hydroxylation is 1. The molecule has 0 bridgehead atoms. The number of rotatable bonds is 7. The Morgan fingerprint density at radius 1 is 1.35 bits per heavy atom. The fraction of sp³-hybridized carbons (Fsp3) is 0.438. The maximum Gasteiger partial charge on any atom is 0.236 e. The zero-order valence-electron chi connectivity index (χ0n) is 13.4. The Kier molecular flexibility index (Phi) is 6.15. The second-order valence-corrected chi connectivity index (χ2v) is 6.55. The van der Waals surface area contributed by atoms with Crippen LogP contribution in [0.4, 0.5) is 4.39 Å². The Bertz CT molecular complexity index is 643. The molecule has 124 valence electrons. The molecule has 0 unspecified atom stereocenters. The van der Waals surface area contributed by atoms with Crippen LogP contribution in [0, 0.1) is 18.7 Å². The fourth-order valence-corrected chi connectivity index (χ4v) is 2.81. The number of amides is 1. The SMILES string of the molecule is Cc1noc(CSCC(=O)N[C@H](c2ccc(F)cc2)C(C)C)n1. The van der Waals surface area contributed by atoms with Crippen molar-refractivity contribution in [2.45, 2.75) is 32.6 Å². The average molecular weight is 337 g/mol. The van der Waals surface area contributed by atoms with Gasteiger partial charge >= 0.3 is 0 Å². The lowest BCUT2D eigenvalue weighted by Crippen LogP contribution is -2.33. The molecule has 0 saturated heterocycles. The van der Waals surface area contributed by atoms with Gasteiger partial charge < -0.3 is 9.84 Å². The summed E-state index contributed by atoms with van der Waals surface area (Å²) in [5.74, 6) is 1.74. The zero-order chi connectivity index (χ0) is 16.8. The van der Waals surface area contributed by atoms with E-state index in [0.29, 0.717) is 23.2 Å². The van der Waals surface area contributed by atoms with Crippen LogP contribution in [0.3, 0.4) is 0 Å². The van der Waals surface area contributed by atoms with Crippen molar-refractivity contribution in [3.8, 4) is 0 Å². The smallest absolute Gasteiger partial charge is 0.236 e. The number of halogens is 1. The van der Waals surface area contributed by atoms with Crippen LogP contribution in [0.15, 0.2) is 28.8 Å². The van der Waals surface area contributed by atoms with Crippen molar-refractivity contribution < 1.29 is 13.7 Å². The third-order valence-corrected chi connectivity index (χ3v) is 4.16. The third kappa shape index (κ3) is 5.35. The van der Waals surface area contributed by atoms with E-state index in [4.69, 9.17) is 4.52 Å². The molecule has 2 aromatic rings. The Labute approximate surface area is 139 Å². The van der Waals surface area contributed by atoms with Crippen LogP contribution >= 0.6 is 11.8 Å². The van der Waals surface area contributed by atoms with Crippen molar-refractivity contribution in [2.75, 3.05) is 5.75 Å². The van der Waals surface area contributed by atoms with Gasteiger partial charge in [-0.25, -0.2) is 4.39 Å². The minimum Gasteiger partial charge on any atom is -0.348 e. The monoisotopic (exact) mass is 337 g/mol. The van der Waals surface area contributed by atoms with Crippen LogP contribution in [0.2, 0.25) is 0 Å². The van der Waals surface area contributed by atoms with Crippen molar-refractivity contribution in [3.63, 3.8) is 0 Å². The number of thioether (sulfide) groups is 1. The van der Waals surface area contributed by atoms with Gasteiger partial charge in [0.1, 0.15) is 5.82 Å². The number of benzene rings is 1. The molecule has 0 aliphatic rings. The molecule has 0 radical (unpaired) electrons. The number of carbonyl (C=O) groups excluding carboxylic acids is 1. The Morgan fingerprint density at radius 3 is 2.61 bits per heavy atom. The first-order chi connectivity index (χ1) is 11.0. The highest BCUT2D eigenvalue weighted by Crippen LogP contribution is 2.22. The molecular formula is C16H20FN3O2S. The summed E-state index contributed by atoms with van der Waals surface area (Å²) < 4.78 is 18.0. The molecule has 0 fully saturated rings. The molecule has 1 heterocycles. The van der Waals surface area contributed by atoms with Crippen molar-refractivity contribution in [1.29, 1.82) is 0 Å². The molecule has 2 rings (SSSR count). The third-order valence-electron chi connectivity index (χ3n) is 3.24. The molecule has 5 nitrogen and oxygen atoms in total. The van der Waals surface area contributed by atoms with Gasteiger partial charge in [-0.1, -0.05) is 31.1 Å². The van der Waals surface area contributed by atoms with Crippen LogP contribution in [0.1, 0.15) is 37.2 Å². The predicted octanol–water partition coefficient (Wildman–Crippen LogP) is 3.26. The second-order valence-electron chi connectivity index (χ2n) is 5.57. The van der Waals surface area contributed by atoms with Crippen LogP contribution in [-0.2, 0) is 10.5 Å². The number of nitrogens with zero attached hydrogens (tertiary/aromatic N) is 2. The summed E-state index contributed by atoms with van der Waals surface area (Å²) >= 11 is 1.41. The number of hydrogen-bond acceptors (Lipinski definition) is 5. The number of aromatic nitrogens is 2. The highest BCUT2D eigenvalue weighted by molar-refractivity contribution is 7.99. The van der Waals surface area contributed by atoms with Gasteiger partial charge in [-0.3, -0.25) is 4.79 Å². The zero-order valence-corrected chi connectivity index (χ0v) is 14.2. The van der Waals surface area contributed by atoms with Crippen molar-refractivity contribution >= 4 is 17.7 Å². The summed E-state index contributed by atoms with van der Waals surface area (Å²) in [6.45, 7) is 5.78. The standard InChI is InChI=1S/C16H20FN3O2S/c1-10(2)16(12-4-6-13(17)7-5-12)19-14(21)8-23-9-15-18-11(3)20-22-15/h4-7,10,16H,8-9H2,1-3H3,(H,19,21)/t16-/m0/s1. The van der Waals surface area contributed by atoms with Crippen LogP contribution in [0.25, 0.3) is 0 Å². The molecule has 23 heavy (non-hydrogen) atoms. The van der Waals surface area contributed by atoms with E-state index in [-0.39, 0.29) is 23.7 Å². The fourth-order valence-electron chi connectivity index (χ4n) is 2.15. The Hall–Kier alpha value is -1.89. The summed E-state index contributed by atoms with van der Waals surface area (Å²) in [5, 5.41) is 6.70. The van der Waals surface area contributed by atoms with E-state index in [1.54, 1.807) is 19.1 Å². The Morgan fingerprint density at radius 2 is 2.04 bits per heavy atom. The average Bonchev–Trinajstić information content (AvgIpc) is 2.91. The van der Waals surface area contributed by atoms with E-state index in [2.05, 4.69) is 15.5 Å².